The zero-order valence-electron chi connectivity index (χ0n) is 18.7. The molecule has 166 valence electrons. The van der Waals surface area contributed by atoms with Gasteiger partial charge in [-0.1, -0.05) is 96.2 Å². The van der Waals surface area contributed by atoms with Crippen molar-refractivity contribution in [3.05, 3.63) is 103 Å². The summed E-state index contributed by atoms with van der Waals surface area (Å²) in [7, 11) is 0. The van der Waals surface area contributed by atoms with Gasteiger partial charge in [0.15, 0.2) is 0 Å². The molecule has 1 aliphatic heterocycles. The molecule has 0 atom stereocenters. The monoisotopic (exact) mass is 436 g/mol. The van der Waals surface area contributed by atoms with E-state index in [2.05, 4.69) is 100 Å². The Bertz CT molecular complexity index is 1180. The van der Waals surface area contributed by atoms with Gasteiger partial charge in [0.05, 0.1) is 26.0 Å². The minimum Gasteiger partial charge on any atom is -0.379 e. The third kappa shape index (κ3) is 5.45. The Morgan fingerprint density at radius 3 is 2.15 bits per heavy atom. The number of nitrogens with zero attached hydrogens (tertiary/aromatic N) is 4. The van der Waals surface area contributed by atoms with Gasteiger partial charge in [0.25, 0.3) is 0 Å². The van der Waals surface area contributed by atoms with Crippen molar-refractivity contribution in [2.75, 3.05) is 32.8 Å². The van der Waals surface area contributed by atoms with E-state index >= 15 is 0 Å². The quantitative estimate of drug-likeness (QED) is 0.408. The minimum atomic E-state index is 0.684. The van der Waals surface area contributed by atoms with E-state index < -0.39 is 0 Å². The molecule has 2 heterocycles. The molecule has 1 fully saturated rings. The Labute approximate surface area is 194 Å². The van der Waals surface area contributed by atoms with Crippen LogP contribution >= 0.6 is 0 Å². The van der Waals surface area contributed by atoms with E-state index in [9.17, 15) is 0 Å². The highest BCUT2D eigenvalue weighted by Crippen LogP contribution is 2.23. The van der Waals surface area contributed by atoms with Gasteiger partial charge in [0, 0.05) is 25.2 Å². The van der Waals surface area contributed by atoms with E-state index in [1.54, 1.807) is 0 Å². The van der Waals surface area contributed by atoms with Crippen LogP contribution in [0.25, 0.3) is 28.0 Å². The molecule has 5 nitrogen and oxygen atoms in total. The Morgan fingerprint density at radius 2 is 1.42 bits per heavy atom. The van der Waals surface area contributed by atoms with Gasteiger partial charge < -0.3 is 4.74 Å². The van der Waals surface area contributed by atoms with Crippen LogP contribution in [0.3, 0.4) is 0 Å². The van der Waals surface area contributed by atoms with Crippen molar-refractivity contribution in [1.82, 2.24) is 19.9 Å². The molecule has 0 N–H and O–H groups in total. The van der Waals surface area contributed by atoms with Crippen LogP contribution in [0.2, 0.25) is 0 Å². The number of allylic oxidation sites excluding steroid dienone is 1. The standard InChI is InChI=1S/C28H28N4O/c1-3-7-23(8-4-1)25-11-13-26(14-12-25)28-22-32(30-29-28)16-15-27(24-9-5-2-6-10-24)21-31-17-19-33-20-18-31/h1-15,22H,16-21H2/b27-15+. The summed E-state index contributed by atoms with van der Waals surface area (Å²) in [5.41, 5.74) is 6.93. The van der Waals surface area contributed by atoms with E-state index in [4.69, 9.17) is 4.74 Å². The number of hydrogen-bond acceptors (Lipinski definition) is 4. The number of morpholine rings is 1. The lowest BCUT2D eigenvalue weighted by molar-refractivity contribution is 0.0444. The van der Waals surface area contributed by atoms with E-state index in [0.717, 1.165) is 44.1 Å². The maximum Gasteiger partial charge on any atom is 0.113 e. The summed E-state index contributed by atoms with van der Waals surface area (Å²) in [4.78, 5) is 2.45. The fraction of sp³-hybridized carbons (Fsp3) is 0.214. The van der Waals surface area contributed by atoms with Crippen molar-refractivity contribution < 1.29 is 4.74 Å². The second-order valence-corrected chi connectivity index (χ2v) is 8.25. The van der Waals surface area contributed by atoms with Gasteiger partial charge in [0.1, 0.15) is 5.69 Å². The zero-order valence-corrected chi connectivity index (χ0v) is 18.7. The lowest BCUT2D eigenvalue weighted by Gasteiger charge is -2.27. The van der Waals surface area contributed by atoms with Crippen LogP contribution in [0.5, 0.6) is 0 Å². The average Bonchev–Trinajstić information content (AvgIpc) is 3.37. The van der Waals surface area contributed by atoms with Crippen molar-refractivity contribution >= 4 is 5.57 Å². The molecule has 5 rings (SSSR count). The lowest BCUT2D eigenvalue weighted by atomic mass is 10.0. The summed E-state index contributed by atoms with van der Waals surface area (Å²) in [6.07, 6.45) is 4.28. The van der Waals surface area contributed by atoms with Crippen LogP contribution in [-0.2, 0) is 11.3 Å². The van der Waals surface area contributed by atoms with Gasteiger partial charge in [-0.2, -0.15) is 0 Å². The molecule has 33 heavy (non-hydrogen) atoms. The molecule has 0 amide bonds. The SMILES string of the molecule is C(/Cn1cc(-c2ccc(-c3ccccc3)cc2)nn1)=C(/CN1CCOCC1)c1ccccc1. The molecule has 1 aliphatic rings. The normalized spacial score (nSPS) is 15.0. The maximum absolute atomic E-state index is 5.51. The van der Waals surface area contributed by atoms with Gasteiger partial charge in [-0.15, -0.1) is 5.10 Å². The van der Waals surface area contributed by atoms with E-state index in [1.165, 1.54) is 22.3 Å². The fourth-order valence-corrected chi connectivity index (χ4v) is 4.11. The topological polar surface area (TPSA) is 43.2 Å². The number of ether oxygens (including phenoxy) is 1. The molecule has 3 aromatic carbocycles. The first-order valence-electron chi connectivity index (χ1n) is 11.5. The second-order valence-electron chi connectivity index (χ2n) is 8.25. The first-order chi connectivity index (χ1) is 16.3. The van der Waals surface area contributed by atoms with Gasteiger partial charge in [-0.05, 0) is 22.3 Å². The molecule has 0 unspecified atom stereocenters. The summed E-state index contributed by atoms with van der Waals surface area (Å²) in [5.74, 6) is 0. The van der Waals surface area contributed by atoms with E-state index in [0.29, 0.717) is 6.54 Å². The molecule has 4 aromatic rings. The van der Waals surface area contributed by atoms with E-state index in [-0.39, 0.29) is 0 Å². The van der Waals surface area contributed by atoms with Gasteiger partial charge in [0.2, 0.25) is 0 Å². The zero-order chi connectivity index (χ0) is 22.3. The number of aromatic nitrogens is 3. The molecule has 0 aliphatic carbocycles. The summed E-state index contributed by atoms with van der Waals surface area (Å²) < 4.78 is 7.42. The maximum atomic E-state index is 5.51. The number of hydrogen-bond donors (Lipinski definition) is 0. The molecular weight excluding hydrogens is 408 g/mol. The largest absolute Gasteiger partial charge is 0.379 e. The van der Waals surface area contributed by atoms with Crippen molar-refractivity contribution in [3.63, 3.8) is 0 Å². The van der Waals surface area contributed by atoms with Gasteiger partial charge >= 0.3 is 0 Å². The van der Waals surface area contributed by atoms with Crippen LogP contribution < -0.4 is 0 Å². The van der Waals surface area contributed by atoms with Crippen molar-refractivity contribution in [1.29, 1.82) is 0 Å². The molecule has 0 saturated carbocycles. The molecule has 0 spiro atoms. The van der Waals surface area contributed by atoms with Crippen molar-refractivity contribution in [3.8, 4) is 22.4 Å². The average molecular weight is 437 g/mol. The Hall–Kier alpha value is -3.54. The van der Waals surface area contributed by atoms with Crippen LogP contribution in [-0.4, -0.2) is 52.7 Å². The third-order valence-electron chi connectivity index (χ3n) is 5.99. The molecule has 1 saturated heterocycles. The van der Waals surface area contributed by atoms with Crippen LogP contribution in [0.1, 0.15) is 5.56 Å². The summed E-state index contributed by atoms with van der Waals surface area (Å²) in [5, 5.41) is 8.79. The third-order valence-corrected chi connectivity index (χ3v) is 5.99. The molecule has 5 heteroatoms. The Balaban J connectivity index is 1.31. The highest BCUT2D eigenvalue weighted by molar-refractivity contribution is 5.69. The first kappa shape index (κ1) is 21.3. The first-order valence-corrected chi connectivity index (χ1v) is 11.5. The summed E-state index contributed by atoms with van der Waals surface area (Å²) in [6, 6.07) is 29.5. The smallest absolute Gasteiger partial charge is 0.113 e. The molecular formula is C28H28N4O. The van der Waals surface area contributed by atoms with E-state index in [1.807, 2.05) is 16.9 Å². The summed E-state index contributed by atoms with van der Waals surface area (Å²) in [6.45, 7) is 5.14. The Morgan fingerprint density at radius 1 is 0.788 bits per heavy atom. The van der Waals surface area contributed by atoms with Crippen LogP contribution in [0.15, 0.2) is 97.2 Å². The minimum absolute atomic E-state index is 0.684. The fourth-order valence-electron chi connectivity index (χ4n) is 4.11. The van der Waals surface area contributed by atoms with Crippen LogP contribution in [0, 0.1) is 0 Å². The number of rotatable bonds is 7. The molecule has 1 aromatic heterocycles. The Kier molecular flexibility index (Phi) is 6.71. The van der Waals surface area contributed by atoms with Crippen LogP contribution in [0.4, 0.5) is 0 Å². The second kappa shape index (κ2) is 10.4. The predicted molar refractivity (Wildman–Crippen MR) is 133 cm³/mol. The molecule has 0 bridgehead atoms. The van der Waals surface area contributed by atoms with Crippen molar-refractivity contribution in [2.45, 2.75) is 6.54 Å². The molecule has 0 radical (unpaired) electrons. The highest BCUT2D eigenvalue weighted by atomic mass is 16.5. The van der Waals surface area contributed by atoms with Gasteiger partial charge in [-0.3, -0.25) is 4.90 Å². The highest BCUT2D eigenvalue weighted by Gasteiger charge is 2.13. The lowest BCUT2D eigenvalue weighted by Crippen LogP contribution is -2.37. The summed E-state index contributed by atoms with van der Waals surface area (Å²) >= 11 is 0. The number of benzene rings is 3. The van der Waals surface area contributed by atoms with Gasteiger partial charge in [-0.25, -0.2) is 4.68 Å². The predicted octanol–water partition coefficient (Wildman–Crippen LogP) is 5.03. The van der Waals surface area contributed by atoms with Crippen molar-refractivity contribution in [2.24, 2.45) is 0 Å².